The van der Waals surface area contributed by atoms with Crippen molar-refractivity contribution in [3.63, 3.8) is 0 Å². The highest BCUT2D eigenvalue weighted by molar-refractivity contribution is 7.80. The van der Waals surface area contributed by atoms with Gasteiger partial charge in [0.2, 0.25) is 0 Å². The van der Waals surface area contributed by atoms with Crippen LogP contribution in [0.2, 0.25) is 5.22 Å². The number of amides is 1. The van der Waals surface area contributed by atoms with Gasteiger partial charge in [-0.15, -0.1) is 0 Å². The minimum absolute atomic E-state index is 0.182. The molecule has 0 spiro atoms. The van der Waals surface area contributed by atoms with E-state index in [1.165, 1.54) is 18.6 Å². The summed E-state index contributed by atoms with van der Waals surface area (Å²) in [6.45, 7) is 0. The minimum atomic E-state index is -0.324. The van der Waals surface area contributed by atoms with Crippen LogP contribution in [0.4, 0.5) is 0 Å². The van der Waals surface area contributed by atoms with Gasteiger partial charge in [0.05, 0.1) is 11.0 Å². The first-order valence-corrected chi connectivity index (χ1v) is 7.22. The van der Waals surface area contributed by atoms with E-state index in [9.17, 15) is 4.79 Å². The number of carbonyl (C=O) groups excluding carboxylic acids is 1. The third-order valence-electron chi connectivity index (χ3n) is 3.51. The first-order chi connectivity index (χ1) is 9.08. The van der Waals surface area contributed by atoms with E-state index < -0.39 is 0 Å². The molecule has 19 heavy (non-hydrogen) atoms. The summed E-state index contributed by atoms with van der Waals surface area (Å²) < 4.78 is 5.08. The third kappa shape index (κ3) is 3.70. The van der Waals surface area contributed by atoms with Gasteiger partial charge in [0, 0.05) is 0 Å². The molecule has 6 heteroatoms. The van der Waals surface area contributed by atoms with Gasteiger partial charge in [0.1, 0.15) is 0 Å². The van der Waals surface area contributed by atoms with Crippen LogP contribution in [0.1, 0.15) is 42.7 Å². The Morgan fingerprint density at radius 1 is 1.42 bits per heavy atom. The van der Waals surface area contributed by atoms with Crippen molar-refractivity contribution in [1.82, 2.24) is 5.32 Å². The SMILES string of the molecule is NC(=S)C(NC(=O)c1ccc(Cl)o1)C1CCCCC1. The van der Waals surface area contributed by atoms with Gasteiger partial charge in [-0.2, -0.15) is 0 Å². The molecule has 0 aromatic carbocycles. The Bertz CT molecular complexity index is 469. The number of nitrogens with one attached hydrogen (secondary N) is 1. The highest BCUT2D eigenvalue weighted by Crippen LogP contribution is 2.27. The molecule has 0 saturated heterocycles. The third-order valence-corrected chi connectivity index (χ3v) is 3.97. The molecule has 4 nitrogen and oxygen atoms in total. The number of hydrogen-bond donors (Lipinski definition) is 2. The van der Waals surface area contributed by atoms with Gasteiger partial charge in [-0.3, -0.25) is 4.79 Å². The maximum Gasteiger partial charge on any atom is 0.287 e. The molecule has 0 bridgehead atoms. The lowest BCUT2D eigenvalue weighted by molar-refractivity contribution is 0.0904. The van der Waals surface area contributed by atoms with Crippen LogP contribution in [-0.2, 0) is 0 Å². The zero-order valence-corrected chi connectivity index (χ0v) is 12.1. The zero-order chi connectivity index (χ0) is 13.8. The Kier molecular flexibility index (Phi) is 4.82. The Hall–Kier alpha value is -1.07. The van der Waals surface area contributed by atoms with Crippen LogP contribution >= 0.6 is 23.8 Å². The molecule has 0 radical (unpaired) electrons. The van der Waals surface area contributed by atoms with E-state index in [-0.39, 0.29) is 22.9 Å². The summed E-state index contributed by atoms with van der Waals surface area (Å²) in [5.74, 6) is 0.179. The normalized spacial score (nSPS) is 17.9. The molecule has 0 aliphatic heterocycles. The van der Waals surface area contributed by atoms with Crippen molar-refractivity contribution in [2.45, 2.75) is 38.1 Å². The van der Waals surface area contributed by atoms with Crippen molar-refractivity contribution in [2.75, 3.05) is 0 Å². The molecule has 1 aliphatic rings. The number of hydrogen-bond acceptors (Lipinski definition) is 3. The minimum Gasteiger partial charge on any atom is -0.440 e. The van der Waals surface area contributed by atoms with Gasteiger partial charge in [0.25, 0.3) is 5.91 Å². The summed E-state index contributed by atoms with van der Waals surface area (Å²) in [5.41, 5.74) is 5.76. The Labute approximate surface area is 122 Å². The van der Waals surface area contributed by atoms with Crippen LogP contribution in [0.3, 0.4) is 0 Å². The average molecular weight is 301 g/mol. The molecule has 104 valence electrons. The summed E-state index contributed by atoms with van der Waals surface area (Å²) in [6.07, 6.45) is 5.64. The van der Waals surface area contributed by atoms with Gasteiger partial charge in [0.15, 0.2) is 11.0 Å². The van der Waals surface area contributed by atoms with Crippen LogP contribution in [0, 0.1) is 5.92 Å². The molecule has 3 N–H and O–H groups in total. The number of carbonyl (C=O) groups is 1. The van der Waals surface area contributed by atoms with Gasteiger partial charge in [-0.25, -0.2) is 0 Å². The van der Waals surface area contributed by atoms with Crippen LogP contribution in [0.5, 0.6) is 0 Å². The Morgan fingerprint density at radius 2 is 2.11 bits per heavy atom. The summed E-state index contributed by atoms with van der Waals surface area (Å²) in [5, 5.41) is 3.05. The fraction of sp³-hybridized carbons (Fsp3) is 0.538. The quantitative estimate of drug-likeness (QED) is 0.839. The monoisotopic (exact) mass is 300 g/mol. The van der Waals surface area contributed by atoms with Gasteiger partial charge in [-0.05, 0) is 42.5 Å². The van der Waals surface area contributed by atoms with E-state index in [2.05, 4.69) is 5.32 Å². The standard InChI is InChI=1S/C13H17ClN2O2S/c14-10-7-6-9(18-10)13(17)16-11(12(15)19)8-4-2-1-3-5-8/h6-8,11H,1-5H2,(H2,15,19)(H,16,17). The molecule has 1 fully saturated rings. The van der Waals surface area contributed by atoms with E-state index in [1.807, 2.05) is 0 Å². The van der Waals surface area contributed by atoms with Crippen molar-refractivity contribution in [1.29, 1.82) is 0 Å². The number of halogens is 1. The highest BCUT2D eigenvalue weighted by Gasteiger charge is 2.28. The van der Waals surface area contributed by atoms with Gasteiger partial charge in [-0.1, -0.05) is 31.5 Å². The highest BCUT2D eigenvalue weighted by atomic mass is 35.5. The van der Waals surface area contributed by atoms with Crippen LogP contribution in [0.25, 0.3) is 0 Å². The number of rotatable bonds is 4. The van der Waals surface area contributed by atoms with Crippen molar-refractivity contribution < 1.29 is 9.21 Å². The number of nitrogens with two attached hydrogens (primary N) is 1. The van der Waals surface area contributed by atoms with E-state index in [1.54, 1.807) is 0 Å². The zero-order valence-electron chi connectivity index (χ0n) is 10.5. The van der Waals surface area contributed by atoms with Crippen molar-refractivity contribution in [2.24, 2.45) is 11.7 Å². The molecule has 1 aromatic heterocycles. The second-order valence-corrected chi connectivity index (χ2v) is 5.70. The first-order valence-electron chi connectivity index (χ1n) is 6.43. The summed E-state index contributed by atoms with van der Waals surface area (Å²) >= 11 is 10.7. The smallest absolute Gasteiger partial charge is 0.287 e. The molecule has 1 saturated carbocycles. The van der Waals surface area contributed by atoms with E-state index >= 15 is 0 Å². The van der Waals surface area contributed by atoms with Gasteiger partial charge >= 0.3 is 0 Å². The number of thiocarbonyl (C=S) groups is 1. The number of furan rings is 1. The summed E-state index contributed by atoms with van der Waals surface area (Å²) in [7, 11) is 0. The molecule has 1 unspecified atom stereocenters. The maximum absolute atomic E-state index is 12.0. The lowest BCUT2D eigenvalue weighted by Gasteiger charge is -2.29. The lowest BCUT2D eigenvalue weighted by Crippen LogP contribution is -2.48. The van der Waals surface area contributed by atoms with Crippen molar-refractivity contribution >= 4 is 34.7 Å². The van der Waals surface area contributed by atoms with Crippen LogP contribution < -0.4 is 11.1 Å². The molecular weight excluding hydrogens is 284 g/mol. The lowest BCUT2D eigenvalue weighted by atomic mass is 9.84. The molecule has 2 rings (SSSR count). The van der Waals surface area contributed by atoms with Gasteiger partial charge < -0.3 is 15.5 Å². The summed E-state index contributed by atoms with van der Waals surface area (Å²) in [6, 6.07) is 2.80. The second-order valence-electron chi connectivity index (χ2n) is 4.86. The van der Waals surface area contributed by atoms with E-state index in [4.69, 9.17) is 34.0 Å². The van der Waals surface area contributed by atoms with E-state index in [0.29, 0.717) is 10.9 Å². The molecule has 1 aromatic rings. The van der Waals surface area contributed by atoms with Crippen molar-refractivity contribution in [3.05, 3.63) is 23.1 Å². The summed E-state index contributed by atoms with van der Waals surface area (Å²) in [4.78, 5) is 12.4. The molecule has 1 heterocycles. The predicted octanol–water partition coefficient (Wildman–Crippen LogP) is 2.90. The molecule has 1 atom stereocenters. The second kappa shape index (κ2) is 6.39. The molecular formula is C13H17ClN2O2S. The molecule has 1 aliphatic carbocycles. The van der Waals surface area contributed by atoms with Crippen LogP contribution in [-0.4, -0.2) is 16.9 Å². The Morgan fingerprint density at radius 3 is 2.63 bits per heavy atom. The van der Waals surface area contributed by atoms with E-state index in [0.717, 1.165) is 25.7 Å². The fourth-order valence-electron chi connectivity index (χ4n) is 2.54. The topological polar surface area (TPSA) is 68.3 Å². The van der Waals surface area contributed by atoms with Crippen LogP contribution in [0.15, 0.2) is 16.5 Å². The largest absolute Gasteiger partial charge is 0.440 e. The fourth-order valence-corrected chi connectivity index (χ4v) is 2.93. The maximum atomic E-state index is 12.0. The molecule has 1 amide bonds. The first kappa shape index (κ1) is 14.3. The Balaban J connectivity index is 2.04. The predicted molar refractivity (Wildman–Crippen MR) is 78.3 cm³/mol. The van der Waals surface area contributed by atoms with Crippen molar-refractivity contribution in [3.8, 4) is 0 Å². The average Bonchev–Trinajstić information content (AvgIpc) is 2.83.